The zero-order valence-corrected chi connectivity index (χ0v) is 19.4. The van der Waals surface area contributed by atoms with Gasteiger partial charge in [-0.3, -0.25) is 9.59 Å². The normalized spacial score (nSPS) is 20.2. The first-order chi connectivity index (χ1) is 17.0. The summed E-state index contributed by atoms with van der Waals surface area (Å²) in [6, 6.07) is 27.9. The summed E-state index contributed by atoms with van der Waals surface area (Å²) < 4.78 is 11.6. The molecule has 0 bridgehead atoms. The van der Waals surface area contributed by atoms with E-state index in [1.54, 1.807) is 0 Å². The van der Waals surface area contributed by atoms with Crippen molar-refractivity contribution < 1.29 is 24.2 Å². The second-order valence-corrected chi connectivity index (χ2v) is 8.19. The molecule has 4 rings (SSSR count). The minimum atomic E-state index is -1.21. The van der Waals surface area contributed by atoms with E-state index >= 15 is 0 Å². The Morgan fingerprint density at radius 1 is 0.971 bits per heavy atom. The van der Waals surface area contributed by atoms with Crippen LogP contribution in [0.25, 0.3) is 0 Å². The number of ether oxygens (including phenoxy) is 2. The van der Waals surface area contributed by atoms with Crippen molar-refractivity contribution >= 4 is 17.4 Å². The summed E-state index contributed by atoms with van der Waals surface area (Å²) in [5.74, 6) is -0.833. The molecule has 0 aliphatic carbocycles. The highest BCUT2D eigenvalue weighted by Crippen LogP contribution is 2.29. The maximum Gasteiger partial charge on any atom is 0.224 e. The molecule has 1 aliphatic rings. The number of carbonyl (C=O) groups excluding carboxylic acids is 2. The first-order valence-corrected chi connectivity index (χ1v) is 11.4. The summed E-state index contributed by atoms with van der Waals surface area (Å²) in [4.78, 5) is 27.9. The lowest BCUT2D eigenvalue weighted by atomic mass is 10.0. The number of hydrogen-bond donors (Lipinski definition) is 2. The smallest absolute Gasteiger partial charge is 0.224 e. The summed E-state index contributed by atoms with van der Waals surface area (Å²) in [6.07, 6.45) is -1.72. The fraction of sp³-hybridized carbons (Fsp3) is 0.214. The number of para-hydroxylation sites is 1. The molecule has 1 heterocycles. The van der Waals surface area contributed by atoms with Gasteiger partial charge in [0.1, 0.15) is 11.8 Å². The molecular formula is C28H28N2O5. The van der Waals surface area contributed by atoms with Crippen LogP contribution in [0.4, 0.5) is 5.69 Å². The second-order valence-electron chi connectivity index (χ2n) is 8.19. The topological polar surface area (TPSA) is 88.1 Å². The van der Waals surface area contributed by atoms with E-state index < -0.39 is 24.3 Å². The van der Waals surface area contributed by atoms with Gasteiger partial charge in [0, 0.05) is 24.4 Å². The van der Waals surface area contributed by atoms with Crippen molar-refractivity contribution in [2.45, 2.75) is 32.0 Å². The van der Waals surface area contributed by atoms with Gasteiger partial charge in [0.05, 0.1) is 13.2 Å². The van der Waals surface area contributed by atoms with Gasteiger partial charge >= 0.3 is 0 Å². The molecule has 0 saturated carbocycles. The van der Waals surface area contributed by atoms with Gasteiger partial charge in [-0.2, -0.15) is 0 Å². The van der Waals surface area contributed by atoms with Crippen molar-refractivity contribution in [2.24, 2.45) is 0 Å². The number of nitrogens with one attached hydrogen (secondary N) is 1. The van der Waals surface area contributed by atoms with Crippen LogP contribution in [0.3, 0.4) is 0 Å². The van der Waals surface area contributed by atoms with Crippen molar-refractivity contribution in [1.29, 1.82) is 0 Å². The third kappa shape index (κ3) is 6.22. The first kappa shape index (κ1) is 24.3. The Bertz CT molecular complexity index is 1150. The van der Waals surface area contributed by atoms with Crippen LogP contribution < -0.4 is 5.32 Å². The summed E-state index contributed by atoms with van der Waals surface area (Å²) in [5, 5.41) is 13.7. The molecule has 2 N–H and O–H groups in total. The number of aliphatic hydroxyl groups is 1. The van der Waals surface area contributed by atoms with Crippen LogP contribution in [0.2, 0.25) is 0 Å². The van der Waals surface area contributed by atoms with Crippen molar-refractivity contribution in [3.63, 3.8) is 0 Å². The number of benzene rings is 3. The third-order valence-electron chi connectivity index (χ3n) is 5.62. The van der Waals surface area contributed by atoms with Crippen LogP contribution in [0.1, 0.15) is 24.3 Å². The predicted octanol–water partition coefficient (Wildman–Crippen LogP) is 4.03. The molecule has 35 heavy (non-hydrogen) atoms. The molecule has 3 aromatic carbocycles. The number of carbonyl (C=O) groups is 2. The Kier molecular flexibility index (Phi) is 8.05. The Morgan fingerprint density at radius 2 is 1.57 bits per heavy atom. The molecule has 0 radical (unpaired) electrons. The van der Waals surface area contributed by atoms with E-state index in [2.05, 4.69) is 5.32 Å². The number of Topliss-reactive ketones (excluding diaryl/α,β-unsaturated/α-hetero) is 1. The Morgan fingerprint density at radius 3 is 2.20 bits per heavy atom. The summed E-state index contributed by atoms with van der Waals surface area (Å²) in [7, 11) is 0. The number of nitrogens with zero attached hydrogens (tertiary/aromatic N) is 1. The molecule has 7 heteroatoms. The summed E-state index contributed by atoms with van der Waals surface area (Å²) in [5.41, 5.74) is 2.43. The van der Waals surface area contributed by atoms with Gasteiger partial charge < -0.3 is 24.8 Å². The average molecular weight is 473 g/mol. The van der Waals surface area contributed by atoms with Gasteiger partial charge in [0.25, 0.3) is 0 Å². The maximum atomic E-state index is 13.8. The zero-order chi connectivity index (χ0) is 24.6. The van der Waals surface area contributed by atoms with Gasteiger partial charge in [-0.15, -0.1) is 0 Å². The minimum Gasteiger partial charge on any atom is -0.387 e. The van der Waals surface area contributed by atoms with Crippen LogP contribution in [-0.2, 0) is 25.6 Å². The lowest BCUT2D eigenvalue weighted by molar-refractivity contribution is -0.250. The molecule has 0 aromatic heterocycles. The van der Waals surface area contributed by atoms with E-state index in [1.807, 2.05) is 91.0 Å². The van der Waals surface area contributed by atoms with Crippen molar-refractivity contribution in [3.05, 3.63) is 114 Å². The number of anilines is 1. The van der Waals surface area contributed by atoms with Gasteiger partial charge in [0.2, 0.25) is 11.7 Å². The SMILES string of the molecule is CC(=O)N(Cc1ccccc1)/C(=C\Nc1ccccc1)C(=O)[C@@H]1O[C@H](c2ccccc2)OC[C@H]1O. The Hall–Kier alpha value is -3.78. The molecule has 3 aromatic rings. The molecule has 180 valence electrons. The highest BCUT2D eigenvalue weighted by Gasteiger charge is 2.39. The maximum absolute atomic E-state index is 13.8. The van der Waals surface area contributed by atoms with Gasteiger partial charge in [-0.25, -0.2) is 0 Å². The van der Waals surface area contributed by atoms with Gasteiger partial charge in [0.15, 0.2) is 12.4 Å². The molecule has 7 nitrogen and oxygen atoms in total. The van der Waals surface area contributed by atoms with E-state index in [0.29, 0.717) is 0 Å². The second kappa shape index (κ2) is 11.6. The molecule has 3 atom stereocenters. The summed E-state index contributed by atoms with van der Waals surface area (Å²) in [6.45, 7) is 1.51. The number of ketones is 1. The number of hydrogen-bond acceptors (Lipinski definition) is 6. The van der Waals surface area contributed by atoms with E-state index in [0.717, 1.165) is 16.8 Å². The average Bonchev–Trinajstić information content (AvgIpc) is 2.90. The molecule has 1 aliphatic heterocycles. The van der Waals surface area contributed by atoms with E-state index in [9.17, 15) is 14.7 Å². The fourth-order valence-corrected chi connectivity index (χ4v) is 3.80. The van der Waals surface area contributed by atoms with E-state index in [-0.39, 0.29) is 24.8 Å². The standard InChI is InChI=1S/C28H28N2O5/c1-20(31)30(18-21-11-5-2-6-12-21)24(17-29-23-15-9-4-10-16-23)26(33)27-25(32)19-34-28(35-27)22-13-7-3-8-14-22/h2-17,25,27-29,32H,18-19H2,1H3/b24-17-/t25-,27-,28-/m1/s1. The Labute approximate surface area is 204 Å². The van der Waals surface area contributed by atoms with Gasteiger partial charge in [-0.05, 0) is 17.7 Å². The van der Waals surface area contributed by atoms with E-state index in [1.165, 1.54) is 18.0 Å². The molecule has 1 fully saturated rings. The van der Waals surface area contributed by atoms with Crippen molar-refractivity contribution in [3.8, 4) is 0 Å². The predicted molar refractivity (Wildman–Crippen MR) is 132 cm³/mol. The van der Waals surface area contributed by atoms with Crippen LogP contribution in [0, 0.1) is 0 Å². The minimum absolute atomic E-state index is 0.0753. The first-order valence-electron chi connectivity index (χ1n) is 11.4. The lowest BCUT2D eigenvalue weighted by Gasteiger charge is -2.35. The van der Waals surface area contributed by atoms with Crippen molar-refractivity contribution in [2.75, 3.05) is 11.9 Å². The Balaban J connectivity index is 1.65. The molecule has 1 amide bonds. The number of amides is 1. The molecule has 0 unspecified atom stereocenters. The molecular weight excluding hydrogens is 444 g/mol. The monoisotopic (exact) mass is 472 g/mol. The zero-order valence-electron chi connectivity index (χ0n) is 19.4. The fourth-order valence-electron chi connectivity index (χ4n) is 3.80. The molecule has 0 spiro atoms. The van der Waals surface area contributed by atoms with Crippen LogP contribution in [0.15, 0.2) is 103 Å². The van der Waals surface area contributed by atoms with Crippen LogP contribution in [0.5, 0.6) is 0 Å². The third-order valence-corrected chi connectivity index (χ3v) is 5.62. The number of aliphatic hydroxyl groups excluding tert-OH is 1. The van der Waals surface area contributed by atoms with Crippen LogP contribution in [-0.4, -0.2) is 40.5 Å². The van der Waals surface area contributed by atoms with Crippen molar-refractivity contribution in [1.82, 2.24) is 4.90 Å². The highest BCUT2D eigenvalue weighted by atomic mass is 16.7. The van der Waals surface area contributed by atoms with E-state index in [4.69, 9.17) is 9.47 Å². The van der Waals surface area contributed by atoms with Crippen LogP contribution >= 0.6 is 0 Å². The highest BCUT2D eigenvalue weighted by molar-refractivity contribution is 6.02. The largest absolute Gasteiger partial charge is 0.387 e. The lowest BCUT2D eigenvalue weighted by Crippen LogP contribution is -2.48. The molecule has 1 saturated heterocycles. The van der Waals surface area contributed by atoms with Gasteiger partial charge in [-0.1, -0.05) is 78.9 Å². The summed E-state index contributed by atoms with van der Waals surface area (Å²) >= 11 is 0. The number of rotatable bonds is 8. The quantitative estimate of drug-likeness (QED) is 0.482.